The highest BCUT2D eigenvalue weighted by molar-refractivity contribution is 5.91. The van der Waals surface area contributed by atoms with E-state index in [2.05, 4.69) is 0 Å². The molecule has 0 unspecified atom stereocenters. The van der Waals surface area contributed by atoms with Gasteiger partial charge in [-0.15, -0.1) is 0 Å². The van der Waals surface area contributed by atoms with Crippen LogP contribution in [0, 0.1) is 12.8 Å². The van der Waals surface area contributed by atoms with Gasteiger partial charge < -0.3 is 14.2 Å². The van der Waals surface area contributed by atoms with Crippen LogP contribution in [0.5, 0.6) is 0 Å². The lowest BCUT2D eigenvalue weighted by molar-refractivity contribution is -0.133. The molecule has 1 saturated carbocycles. The Balaban J connectivity index is 1.44. The minimum Gasteiger partial charge on any atom is -0.456 e. The molecule has 1 aromatic heterocycles. The summed E-state index contributed by atoms with van der Waals surface area (Å²) in [5, 5.41) is 0. The highest BCUT2D eigenvalue weighted by atomic mass is 16.3. The zero-order chi connectivity index (χ0) is 16.2. The van der Waals surface area contributed by atoms with Crippen molar-refractivity contribution in [1.82, 2.24) is 9.80 Å². The van der Waals surface area contributed by atoms with E-state index in [4.69, 9.17) is 4.42 Å². The molecule has 0 N–H and O–H groups in total. The van der Waals surface area contributed by atoms with Crippen LogP contribution in [-0.4, -0.2) is 47.8 Å². The molecule has 0 spiro atoms. The van der Waals surface area contributed by atoms with Crippen molar-refractivity contribution in [2.75, 3.05) is 26.2 Å². The molecule has 1 aliphatic heterocycles. The van der Waals surface area contributed by atoms with E-state index in [0.29, 0.717) is 38.4 Å². The van der Waals surface area contributed by atoms with E-state index in [1.54, 1.807) is 17.0 Å². The van der Waals surface area contributed by atoms with Crippen molar-refractivity contribution in [2.24, 2.45) is 5.92 Å². The van der Waals surface area contributed by atoms with E-state index < -0.39 is 0 Å². The number of furan rings is 1. The third-order valence-corrected chi connectivity index (χ3v) is 5.11. The van der Waals surface area contributed by atoms with E-state index >= 15 is 0 Å². The number of rotatable bonds is 4. The lowest BCUT2D eigenvalue weighted by Gasteiger charge is -2.34. The van der Waals surface area contributed by atoms with Crippen LogP contribution >= 0.6 is 0 Å². The van der Waals surface area contributed by atoms with Gasteiger partial charge in [0.1, 0.15) is 5.76 Å². The van der Waals surface area contributed by atoms with Gasteiger partial charge in [0.15, 0.2) is 5.76 Å². The average molecular weight is 318 g/mol. The molecule has 0 atom stereocenters. The predicted molar refractivity (Wildman–Crippen MR) is 87.1 cm³/mol. The van der Waals surface area contributed by atoms with Crippen molar-refractivity contribution in [3.05, 3.63) is 23.7 Å². The summed E-state index contributed by atoms with van der Waals surface area (Å²) < 4.78 is 5.40. The maximum atomic E-state index is 12.3. The molecule has 0 aromatic carbocycles. The Kier molecular flexibility index (Phi) is 5.03. The second-order valence-corrected chi connectivity index (χ2v) is 6.77. The second-order valence-electron chi connectivity index (χ2n) is 6.77. The third kappa shape index (κ3) is 3.95. The van der Waals surface area contributed by atoms with Gasteiger partial charge in [-0.2, -0.15) is 0 Å². The van der Waals surface area contributed by atoms with E-state index in [1.807, 2.05) is 11.8 Å². The monoisotopic (exact) mass is 318 g/mol. The molecule has 5 nitrogen and oxygen atoms in total. The molecule has 1 aliphatic carbocycles. The molecule has 5 heteroatoms. The third-order valence-electron chi connectivity index (χ3n) is 5.11. The first-order chi connectivity index (χ1) is 11.1. The van der Waals surface area contributed by atoms with Crippen molar-refractivity contribution >= 4 is 11.8 Å². The van der Waals surface area contributed by atoms with Crippen LogP contribution in [0.15, 0.2) is 16.5 Å². The van der Waals surface area contributed by atoms with E-state index in [9.17, 15) is 9.59 Å². The van der Waals surface area contributed by atoms with Gasteiger partial charge in [-0.3, -0.25) is 9.59 Å². The summed E-state index contributed by atoms with van der Waals surface area (Å²) in [5.41, 5.74) is 0. The topological polar surface area (TPSA) is 53.8 Å². The SMILES string of the molecule is Cc1ccc(C(=O)N2CCN(C(=O)CCC3CCCC3)CC2)o1. The number of hydrogen-bond acceptors (Lipinski definition) is 3. The van der Waals surface area contributed by atoms with Gasteiger partial charge in [-0.1, -0.05) is 25.7 Å². The minimum atomic E-state index is -0.0730. The number of aryl methyl sites for hydroxylation is 1. The Labute approximate surface area is 137 Å². The molecule has 0 bridgehead atoms. The standard InChI is InChI=1S/C18H26N2O3/c1-14-6-8-16(23-14)18(22)20-12-10-19(11-13-20)17(21)9-7-15-4-2-3-5-15/h6,8,15H,2-5,7,9-13H2,1H3. The fourth-order valence-electron chi connectivity index (χ4n) is 3.65. The first-order valence-electron chi connectivity index (χ1n) is 8.77. The lowest BCUT2D eigenvalue weighted by Crippen LogP contribution is -2.50. The fraction of sp³-hybridized carbons (Fsp3) is 0.667. The van der Waals surface area contributed by atoms with Crippen LogP contribution in [0.2, 0.25) is 0 Å². The zero-order valence-corrected chi connectivity index (χ0v) is 13.9. The zero-order valence-electron chi connectivity index (χ0n) is 13.9. The number of amides is 2. The van der Waals surface area contributed by atoms with Crippen LogP contribution in [0.3, 0.4) is 0 Å². The van der Waals surface area contributed by atoms with E-state index in [-0.39, 0.29) is 11.8 Å². The summed E-state index contributed by atoms with van der Waals surface area (Å²) in [6.45, 7) is 4.28. The number of carbonyl (C=O) groups excluding carboxylic acids is 2. The van der Waals surface area contributed by atoms with Crippen LogP contribution < -0.4 is 0 Å². The Morgan fingerprint density at radius 3 is 2.35 bits per heavy atom. The Morgan fingerprint density at radius 1 is 1.09 bits per heavy atom. The van der Waals surface area contributed by atoms with Crippen LogP contribution in [0.1, 0.15) is 54.8 Å². The molecular weight excluding hydrogens is 292 g/mol. The average Bonchev–Trinajstić information content (AvgIpc) is 3.23. The molecule has 2 heterocycles. The maximum Gasteiger partial charge on any atom is 0.289 e. The molecule has 1 saturated heterocycles. The van der Waals surface area contributed by atoms with Crippen molar-refractivity contribution in [2.45, 2.75) is 45.4 Å². The lowest BCUT2D eigenvalue weighted by atomic mass is 10.0. The maximum absolute atomic E-state index is 12.3. The number of carbonyl (C=O) groups is 2. The molecule has 2 amide bonds. The van der Waals surface area contributed by atoms with Crippen molar-refractivity contribution in [3.63, 3.8) is 0 Å². The summed E-state index contributed by atoms with van der Waals surface area (Å²) in [6.07, 6.45) is 6.92. The molecule has 2 aliphatic rings. The Morgan fingerprint density at radius 2 is 1.74 bits per heavy atom. The summed E-state index contributed by atoms with van der Waals surface area (Å²) in [4.78, 5) is 28.3. The Bertz CT molecular complexity index is 552. The molecule has 126 valence electrons. The van der Waals surface area contributed by atoms with Crippen molar-refractivity contribution in [1.29, 1.82) is 0 Å². The number of hydrogen-bond donors (Lipinski definition) is 0. The van der Waals surface area contributed by atoms with Gasteiger partial charge in [-0.05, 0) is 31.4 Å². The number of piperazine rings is 1. The second kappa shape index (κ2) is 7.20. The molecule has 1 aromatic rings. The summed E-state index contributed by atoms with van der Waals surface area (Å²) in [5.74, 6) is 2.07. The molecule has 23 heavy (non-hydrogen) atoms. The van der Waals surface area contributed by atoms with Gasteiger partial charge in [0.05, 0.1) is 0 Å². The fourth-order valence-corrected chi connectivity index (χ4v) is 3.65. The highest BCUT2D eigenvalue weighted by Gasteiger charge is 2.26. The van der Waals surface area contributed by atoms with Crippen LogP contribution in [-0.2, 0) is 4.79 Å². The predicted octanol–water partition coefficient (Wildman–Crippen LogP) is 2.84. The van der Waals surface area contributed by atoms with Crippen LogP contribution in [0.25, 0.3) is 0 Å². The molecular formula is C18H26N2O3. The van der Waals surface area contributed by atoms with Crippen molar-refractivity contribution in [3.8, 4) is 0 Å². The summed E-state index contributed by atoms with van der Waals surface area (Å²) >= 11 is 0. The molecule has 0 radical (unpaired) electrons. The molecule has 3 rings (SSSR count). The Hall–Kier alpha value is -1.78. The first kappa shape index (κ1) is 16.1. The first-order valence-corrected chi connectivity index (χ1v) is 8.77. The highest BCUT2D eigenvalue weighted by Crippen LogP contribution is 2.28. The smallest absolute Gasteiger partial charge is 0.289 e. The summed E-state index contributed by atoms with van der Waals surface area (Å²) in [7, 11) is 0. The quantitative estimate of drug-likeness (QED) is 0.858. The minimum absolute atomic E-state index is 0.0730. The van der Waals surface area contributed by atoms with Gasteiger partial charge in [0.25, 0.3) is 5.91 Å². The summed E-state index contributed by atoms with van der Waals surface area (Å²) in [6, 6.07) is 3.52. The van der Waals surface area contributed by atoms with Gasteiger partial charge in [0.2, 0.25) is 5.91 Å². The van der Waals surface area contributed by atoms with Gasteiger partial charge in [-0.25, -0.2) is 0 Å². The largest absolute Gasteiger partial charge is 0.456 e. The number of nitrogens with zero attached hydrogens (tertiary/aromatic N) is 2. The van der Waals surface area contributed by atoms with Crippen molar-refractivity contribution < 1.29 is 14.0 Å². The normalized spacial score (nSPS) is 19.3. The van der Waals surface area contributed by atoms with Crippen LogP contribution in [0.4, 0.5) is 0 Å². The van der Waals surface area contributed by atoms with E-state index in [1.165, 1.54) is 25.7 Å². The molecule has 2 fully saturated rings. The van der Waals surface area contributed by atoms with Gasteiger partial charge in [0, 0.05) is 32.6 Å². The van der Waals surface area contributed by atoms with E-state index in [0.717, 1.165) is 18.1 Å². The van der Waals surface area contributed by atoms with Gasteiger partial charge >= 0.3 is 0 Å².